The first-order chi connectivity index (χ1) is 10.1. The van der Waals surface area contributed by atoms with Crippen LogP contribution in [-0.4, -0.2) is 36.5 Å². The van der Waals surface area contributed by atoms with E-state index < -0.39 is 6.61 Å². The van der Waals surface area contributed by atoms with Gasteiger partial charge in [-0.2, -0.15) is 8.78 Å². The number of nitrogens with two attached hydrogens (primary N) is 1. The van der Waals surface area contributed by atoms with E-state index in [2.05, 4.69) is 4.74 Å². The second-order valence-corrected chi connectivity index (χ2v) is 5.13. The number of likely N-dealkylation sites (tertiary alicyclic amines) is 1. The Morgan fingerprint density at radius 1 is 1.33 bits per heavy atom. The van der Waals surface area contributed by atoms with Gasteiger partial charge in [-0.05, 0) is 56.5 Å². The maximum atomic E-state index is 12.5. The van der Waals surface area contributed by atoms with Crippen molar-refractivity contribution in [3.63, 3.8) is 0 Å². The molecule has 1 amide bonds. The largest absolute Gasteiger partial charge is 0.435 e. The van der Waals surface area contributed by atoms with E-state index in [0.717, 1.165) is 32.2 Å². The van der Waals surface area contributed by atoms with Gasteiger partial charge in [0.15, 0.2) is 0 Å². The normalized spacial score (nSPS) is 18.9. The summed E-state index contributed by atoms with van der Waals surface area (Å²) in [5.41, 5.74) is 6.09. The van der Waals surface area contributed by atoms with Crippen LogP contribution in [0.2, 0.25) is 0 Å². The second-order valence-electron chi connectivity index (χ2n) is 5.13. The van der Waals surface area contributed by atoms with Gasteiger partial charge in [0.1, 0.15) is 5.75 Å². The third-order valence-corrected chi connectivity index (χ3v) is 3.71. The van der Waals surface area contributed by atoms with Gasteiger partial charge in [0.05, 0.1) is 0 Å². The molecular formula is C15H20F2N2O2. The molecule has 1 fully saturated rings. The van der Waals surface area contributed by atoms with Gasteiger partial charge < -0.3 is 15.4 Å². The molecule has 0 aliphatic carbocycles. The lowest BCUT2D eigenvalue weighted by Gasteiger charge is -2.35. The molecule has 1 aromatic rings. The number of carbonyl (C=O) groups is 1. The lowest BCUT2D eigenvalue weighted by Crippen LogP contribution is -2.44. The minimum absolute atomic E-state index is 0.0544. The van der Waals surface area contributed by atoms with Crippen LogP contribution in [0, 0.1) is 0 Å². The molecule has 1 aliphatic heterocycles. The number of piperidine rings is 1. The number of hydrogen-bond donors (Lipinski definition) is 1. The standard InChI is InChI=1S/C15H20F2N2O2/c16-15(17)21-13-6-4-11(5-7-13)14(20)19-10-2-1-3-12(19)8-9-18/h4-7,12,15H,1-3,8-10,18H2. The number of amides is 1. The van der Waals surface area contributed by atoms with Gasteiger partial charge in [-0.3, -0.25) is 4.79 Å². The minimum atomic E-state index is -2.86. The van der Waals surface area contributed by atoms with Crippen molar-refractivity contribution >= 4 is 5.91 Å². The van der Waals surface area contributed by atoms with Gasteiger partial charge in [0.2, 0.25) is 0 Å². The maximum absolute atomic E-state index is 12.5. The molecule has 1 unspecified atom stereocenters. The molecule has 4 nitrogen and oxygen atoms in total. The van der Waals surface area contributed by atoms with E-state index in [1.54, 1.807) is 0 Å². The number of hydrogen-bond acceptors (Lipinski definition) is 3. The highest BCUT2D eigenvalue weighted by molar-refractivity contribution is 5.94. The predicted molar refractivity (Wildman–Crippen MR) is 75.4 cm³/mol. The van der Waals surface area contributed by atoms with Crippen molar-refractivity contribution in [1.29, 1.82) is 0 Å². The minimum Gasteiger partial charge on any atom is -0.435 e. The zero-order valence-electron chi connectivity index (χ0n) is 11.8. The fraction of sp³-hybridized carbons (Fsp3) is 0.533. The summed E-state index contributed by atoms with van der Waals surface area (Å²) in [4.78, 5) is 14.4. The summed E-state index contributed by atoms with van der Waals surface area (Å²) in [6, 6.07) is 6.00. The molecule has 2 N–H and O–H groups in total. The molecule has 1 aliphatic rings. The Morgan fingerprint density at radius 3 is 2.67 bits per heavy atom. The van der Waals surface area contributed by atoms with E-state index in [9.17, 15) is 13.6 Å². The summed E-state index contributed by atoms with van der Waals surface area (Å²) in [5, 5.41) is 0. The lowest BCUT2D eigenvalue weighted by atomic mass is 9.98. The molecule has 21 heavy (non-hydrogen) atoms. The molecule has 2 rings (SSSR count). The van der Waals surface area contributed by atoms with Crippen LogP contribution in [0.3, 0.4) is 0 Å². The first-order valence-electron chi connectivity index (χ1n) is 7.17. The summed E-state index contributed by atoms with van der Waals surface area (Å²) in [7, 11) is 0. The molecule has 0 aromatic heterocycles. The monoisotopic (exact) mass is 298 g/mol. The number of rotatable bonds is 5. The molecule has 0 bridgehead atoms. The van der Waals surface area contributed by atoms with Crippen LogP contribution in [0.15, 0.2) is 24.3 Å². The van der Waals surface area contributed by atoms with Crippen LogP contribution < -0.4 is 10.5 Å². The Morgan fingerprint density at radius 2 is 2.05 bits per heavy atom. The van der Waals surface area contributed by atoms with E-state index in [0.29, 0.717) is 12.1 Å². The predicted octanol–water partition coefficient (Wildman–Crippen LogP) is 2.63. The van der Waals surface area contributed by atoms with Crippen LogP contribution in [0.25, 0.3) is 0 Å². The number of ether oxygens (including phenoxy) is 1. The van der Waals surface area contributed by atoms with E-state index in [1.807, 2.05) is 4.90 Å². The highest BCUT2D eigenvalue weighted by Gasteiger charge is 2.26. The molecule has 0 saturated carbocycles. The molecule has 1 heterocycles. The fourth-order valence-corrected chi connectivity index (χ4v) is 2.71. The van der Waals surface area contributed by atoms with Crippen molar-refractivity contribution in [3.05, 3.63) is 29.8 Å². The molecule has 1 aromatic carbocycles. The zero-order valence-corrected chi connectivity index (χ0v) is 11.8. The molecule has 1 saturated heterocycles. The van der Waals surface area contributed by atoms with Crippen LogP contribution in [0.4, 0.5) is 8.78 Å². The van der Waals surface area contributed by atoms with E-state index in [-0.39, 0.29) is 17.7 Å². The van der Waals surface area contributed by atoms with Gasteiger partial charge >= 0.3 is 6.61 Å². The zero-order chi connectivity index (χ0) is 15.2. The Labute approximate surface area is 122 Å². The van der Waals surface area contributed by atoms with Crippen molar-refractivity contribution in [2.24, 2.45) is 5.73 Å². The van der Waals surface area contributed by atoms with Crippen molar-refractivity contribution in [1.82, 2.24) is 4.90 Å². The summed E-state index contributed by atoms with van der Waals surface area (Å²) < 4.78 is 28.5. The molecule has 116 valence electrons. The van der Waals surface area contributed by atoms with Gasteiger partial charge in [0.25, 0.3) is 5.91 Å². The van der Waals surface area contributed by atoms with Crippen molar-refractivity contribution in [2.45, 2.75) is 38.3 Å². The molecular weight excluding hydrogens is 278 g/mol. The van der Waals surface area contributed by atoms with Gasteiger partial charge in [0, 0.05) is 18.2 Å². The van der Waals surface area contributed by atoms with Gasteiger partial charge in [-0.25, -0.2) is 0 Å². The quantitative estimate of drug-likeness (QED) is 0.909. The summed E-state index contributed by atoms with van der Waals surface area (Å²) >= 11 is 0. The SMILES string of the molecule is NCCC1CCCCN1C(=O)c1ccc(OC(F)F)cc1. The Kier molecular flexibility index (Phi) is 5.50. The highest BCUT2D eigenvalue weighted by Crippen LogP contribution is 2.23. The van der Waals surface area contributed by atoms with Gasteiger partial charge in [-0.1, -0.05) is 0 Å². The van der Waals surface area contributed by atoms with Gasteiger partial charge in [-0.15, -0.1) is 0 Å². The van der Waals surface area contributed by atoms with Crippen LogP contribution in [-0.2, 0) is 0 Å². The van der Waals surface area contributed by atoms with Crippen LogP contribution in [0.1, 0.15) is 36.0 Å². The first-order valence-corrected chi connectivity index (χ1v) is 7.17. The van der Waals surface area contributed by atoms with Crippen LogP contribution in [0.5, 0.6) is 5.75 Å². The summed E-state index contributed by atoms with van der Waals surface area (Å²) in [5.74, 6) is -0.0181. The molecule has 0 spiro atoms. The summed E-state index contributed by atoms with van der Waals surface area (Å²) in [6.45, 7) is -1.59. The molecule has 0 radical (unpaired) electrons. The third-order valence-electron chi connectivity index (χ3n) is 3.71. The summed E-state index contributed by atoms with van der Waals surface area (Å²) in [6.07, 6.45) is 3.85. The van der Waals surface area contributed by atoms with Crippen LogP contribution >= 0.6 is 0 Å². The van der Waals surface area contributed by atoms with Crippen molar-refractivity contribution in [3.8, 4) is 5.75 Å². The molecule has 1 atom stereocenters. The topological polar surface area (TPSA) is 55.6 Å². The number of nitrogens with zero attached hydrogens (tertiary/aromatic N) is 1. The second kappa shape index (κ2) is 7.36. The van der Waals surface area contributed by atoms with E-state index in [1.165, 1.54) is 24.3 Å². The smallest absolute Gasteiger partial charge is 0.387 e. The van der Waals surface area contributed by atoms with Crippen molar-refractivity contribution < 1.29 is 18.3 Å². The van der Waals surface area contributed by atoms with E-state index >= 15 is 0 Å². The maximum Gasteiger partial charge on any atom is 0.387 e. The third kappa shape index (κ3) is 4.14. The number of carbonyl (C=O) groups excluding carboxylic acids is 1. The number of alkyl halides is 2. The average molecular weight is 298 g/mol. The Bertz CT molecular complexity index is 463. The molecule has 6 heteroatoms. The average Bonchev–Trinajstić information content (AvgIpc) is 2.48. The van der Waals surface area contributed by atoms with E-state index in [4.69, 9.17) is 5.73 Å². The Hall–Kier alpha value is -1.69. The van der Waals surface area contributed by atoms with Crippen molar-refractivity contribution in [2.75, 3.05) is 13.1 Å². The fourth-order valence-electron chi connectivity index (χ4n) is 2.71. The number of benzene rings is 1. The number of halogens is 2. The Balaban J connectivity index is 2.07. The lowest BCUT2D eigenvalue weighted by molar-refractivity contribution is -0.0498. The first kappa shape index (κ1) is 15.7. The highest BCUT2D eigenvalue weighted by atomic mass is 19.3.